The van der Waals surface area contributed by atoms with Gasteiger partial charge < -0.3 is 14.6 Å². The molecule has 1 fully saturated rings. The summed E-state index contributed by atoms with van der Waals surface area (Å²) in [6.07, 6.45) is 4.08. The molecule has 0 amide bonds. The van der Waals surface area contributed by atoms with E-state index in [4.69, 9.17) is 9.47 Å². The van der Waals surface area contributed by atoms with Crippen LogP contribution in [0.1, 0.15) is 42.1 Å². The molecule has 0 unspecified atom stereocenters. The molecule has 2 atom stereocenters. The smallest absolute Gasteiger partial charge is 0.161 e. The highest BCUT2D eigenvalue weighted by molar-refractivity contribution is 5.50. The van der Waals surface area contributed by atoms with Crippen LogP contribution in [0.25, 0.3) is 0 Å². The average molecular weight is 382 g/mol. The molecule has 0 spiro atoms. The van der Waals surface area contributed by atoms with Crippen LogP contribution in [-0.4, -0.2) is 37.3 Å². The lowest BCUT2D eigenvalue weighted by atomic mass is 9.85. The van der Waals surface area contributed by atoms with Crippen LogP contribution in [0.2, 0.25) is 0 Å². The highest BCUT2D eigenvalue weighted by Crippen LogP contribution is 2.45. The monoisotopic (exact) mass is 381 g/mol. The number of benzene rings is 2. The lowest BCUT2D eigenvalue weighted by molar-refractivity contribution is 0.0894. The van der Waals surface area contributed by atoms with Gasteiger partial charge in [0, 0.05) is 6.54 Å². The maximum atomic E-state index is 10.9. The number of methoxy groups -OCH3 is 2. The van der Waals surface area contributed by atoms with Crippen LogP contribution >= 0.6 is 0 Å². The standard InChI is InChI=1S/C24H31NO3/c1-27-22-14-19-13-20(24(26)21(19)15-23(22)28-2)12-17-8-10-25(11-9-17)16-18-6-4-3-5-7-18/h3-7,14-15,17,20,24,26H,8-13,16H2,1-2H3/t20-,24+/m1/s1. The summed E-state index contributed by atoms with van der Waals surface area (Å²) in [5.41, 5.74) is 3.62. The first-order valence-electron chi connectivity index (χ1n) is 10.4. The summed E-state index contributed by atoms with van der Waals surface area (Å²) >= 11 is 0. The van der Waals surface area contributed by atoms with Gasteiger partial charge in [0.2, 0.25) is 0 Å². The molecule has 4 rings (SSSR count). The van der Waals surface area contributed by atoms with Crippen molar-refractivity contribution in [1.82, 2.24) is 4.90 Å². The lowest BCUT2D eigenvalue weighted by Crippen LogP contribution is -2.34. The minimum atomic E-state index is -0.392. The molecule has 2 aliphatic rings. The lowest BCUT2D eigenvalue weighted by Gasteiger charge is -2.33. The summed E-state index contributed by atoms with van der Waals surface area (Å²) in [4.78, 5) is 2.56. The molecule has 150 valence electrons. The van der Waals surface area contributed by atoms with Gasteiger partial charge in [-0.2, -0.15) is 0 Å². The number of nitrogens with zero attached hydrogens (tertiary/aromatic N) is 1. The molecule has 0 aromatic heterocycles. The van der Waals surface area contributed by atoms with Crippen molar-refractivity contribution in [3.05, 3.63) is 59.2 Å². The van der Waals surface area contributed by atoms with E-state index >= 15 is 0 Å². The number of hydrogen-bond acceptors (Lipinski definition) is 4. The molecule has 2 aromatic carbocycles. The number of ether oxygens (including phenoxy) is 2. The average Bonchev–Trinajstić information content (AvgIpc) is 3.03. The summed E-state index contributed by atoms with van der Waals surface area (Å²) in [5, 5.41) is 10.9. The zero-order valence-corrected chi connectivity index (χ0v) is 16.9. The minimum Gasteiger partial charge on any atom is -0.493 e. The normalized spacial score (nSPS) is 22.8. The van der Waals surface area contributed by atoms with Crippen LogP contribution in [0.3, 0.4) is 0 Å². The van der Waals surface area contributed by atoms with E-state index in [1.165, 1.54) is 24.0 Å². The van der Waals surface area contributed by atoms with E-state index in [9.17, 15) is 5.11 Å². The molecule has 1 heterocycles. The summed E-state index contributed by atoms with van der Waals surface area (Å²) in [6.45, 7) is 3.35. The number of likely N-dealkylation sites (tertiary alicyclic amines) is 1. The summed E-state index contributed by atoms with van der Waals surface area (Å²) in [5.74, 6) is 2.46. The van der Waals surface area contributed by atoms with Crippen molar-refractivity contribution >= 4 is 0 Å². The van der Waals surface area contributed by atoms with Gasteiger partial charge in [-0.1, -0.05) is 30.3 Å². The minimum absolute atomic E-state index is 0.303. The second kappa shape index (κ2) is 8.54. The molecule has 0 radical (unpaired) electrons. The van der Waals surface area contributed by atoms with Crippen molar-refractivity contribution in [3.63, 3.8) is 0 Å². The zero-order valence-electron chi connectivity index (χ0n) is 16.9. The molecule has 2 aromatic rings. The molecule has 1 aliphatic heterocycles. The SMILES string of the molecule is COc1cc2c(cc1OC)[C@@H](O)[C@H](CC1CCN(Cc3ccccc3)CC1)C2. The topological polar surface area (TPSA) is 41.9 Å². The number of aliphatic hydroxyl groups excluding tert-OH is 1. The number of aliphatic hydroxyl groups is 1. The molecule has 4 nitrogen and oxygen atoms in total. The fourth-order valence-electron chi connectivity index (χ4n) is 4.90. The van der Waals surface area contributed by atoms with Crippen LogP contribution in [0.4, 0.5) is 0 Å². The first-order chi connectivity index (χ1) is 13.7. The second-order valence-electron chi connectivity index (χ2n) is 8.26. The third-order valence-corrected chi connectivity index (χ3v) is 6.48. The van der Waals surface area contributed by atoms with E-state index in [1.54, 1.807) is 14.2 Å². The Morgan fingerprint density at radius 2 is 1.68 bits per heavy atom. The summed E-state index contributed by atoms with van der Waals surface area (Å²) in [7, 11) is 3.31. The van der Waals surface area contributed by atoms with Gasteiger partial charge in [-0.3, -0.25) is 4.90 Å². The Hall–Kier alpha value is -2.04. The second-order valence-corrected chi connectivity index (χ2v) is 8.26. The van der Waals surface area contributed by atoms with Gasteiger partial charge >= 0.3 is 0 Å². The molecule has 1 saturated heterocycles. The third kappa shape index (κ3) is 4.03. The molecular formula is C24H31NO3. The Balaban J connectivity index is 1.33. The largest absolute Gasteiger partial charge is 0.493 e. The van der Waals surface area contributed by atoms with Crippen LogP contribution in [-0.2, 0) is 13.0 Å². The molecule has 0 bridgehead atoms. The van der Waals surface area contributed by atoms with Gasteiger partial charge in [0.1, 0.15) is 0 Å². The van der Waals surface area contributed by atoms with Crippen molar-refractivity contribution in [3.8, 4) is 11.5 Å². The van der Waals surface area contributed by atoms with Crippen LogP contribution in [0.5, 0.6) is 11.5 Å². The summed E-state index contributed by atoms with van der Waals surface area (Å²) < 4.78 is 10.8. The maximum absolute atomic E-state index is 10.9. The molecule has 1 aliphatic carbocycles. The first-order valence-corrected chi connectivity index (χ1v) is 10.4. The van der Waals surface area contributed by atoms with E-state index in [0.29, 0.717) is 17.6 Å². The van der Waals surface area contributed by atoms with Gasteiger partial charge in [0.15, 0.2) is 11.5 Å². The predicted octanol–water partition coefficient (Wildman–Crippen LogP) is 4.21. The van der Waals surface area contributed by atoms with Crippen molar-refractivity contribution in [1.29, 1.82) is 0 Å². The highest BCUT2D eigenvalue weighted by atomic mass is 16.5. The Bertz CT molecular complexity index is 784. The van der Waals surface area contributed by atoms with Crippen molar-refractivity contribution in [2.24, 2.45) is 11.8 Å². The Kier molecular flexibility index (Phi) is 5.88. The highest BCUT2D eigenvalue weighted by Gasteiger charge is 2.34. The number of rotatable bonds is 6. The van der Waals surface area contributed by atoms with E-state index in [0.717, 1.165) is 43.8 Å². The quantitative estimate of drug-likeness (QED) is 0.814. The maximum Gasteiger partial charge on any atom is 0.161 e. The Labute approximate surface area is 168 Å². The van der Waals surface area contributed by atoms with Gasteiger partial charge in [0.05, 0.1) is 20.3 Å². The predicted molar refractivity (Wildman–Crippen MR) is 111 cm³/mol. The Morgan fingerprint density at radius 3 is 2.36 bits per heavy atom. The summed E-state index contributed by atoms with van der Waals surface area (Å²) in [6, 6.07) is 14.7. The van der Waals surface area contributed by atoms with Crippen LogP contribution in [0, 0.1) is 11.8 Å². The van der Waals surface area contributed by atoms with Crippen molar-refractivity contribution in [2.45, 2.75) is 38.3 Å². The fourth-order valence-corrected chi connectivity index (χ4v) is 4.90. The molecule has 0 saturated carbocycles. The number of hydrogen-bond donors (Lipinski definition) is 1. The Morgan fingerprint density at radius 1 is 1.00 bits per heavy atom. The molecular weight excluding hydrogens is 350 g/mol. The zero-order chi connectivity index (χ0) is 19.5. The van der Waals surface area contributed by atoms with Crippen molar-refractivity contribution < 1.29 is 14.6 Å². The van der Waals surface area contributed by atoms with Crippen molar-refractivity contribution in [2.75, 3.05) is 27.3 Å². The fraction of sp³-hybridized carbons (Fsp3) is 0.500. The van der Waals surface area contributed by atoms with Gasteiger partial charge in [-0.15, -0.1) is 0 Å². The number of piperidine rings is 1. The number of fused-ring (bicyclic) bond motifs is 1. The van der Waals surface area contributed by atoms with Gasteiger partial charge in [-0.25, -0.2) is 0 Å². The first kappa shape index (κ1) is 19.3. The van der Waals surface area contributed by atoms with Gasteiger partial charge in [0.25, 0.3) is 0 Å². The third-order valence-electron chi connectivity index (χ3n) is 6.48. The van der Waals surface area contributed by atoms with Crippen LogP contribution < -0.4 is 9.47 Å². The molecule has 4 heteroatoms. The van der Waals surface area contributed by atoms with Gasteiger partial charge in [-0.05, 0) is 79.4 Å². The van der Waals surface area contributed by atoms with E-state index in [-0.39, 0.29) is 0 Å². The van der Waals surface area contributed by atoms with E-state index < -0.39 is 6.10 Å². The van der Waals surface area contributed by atoms with E-state index in [1.807, 2.05) is 12.1 Å². The molecule has 1 N–H and O–H groups in total. The van der Waals surface area contributed by atoms with E-state index in [2.05, 4.69) is 35.2 Å². The molecule has 28 heavy (non-hydrogen) atoms. The van der Waals surface area contributed by atoms with Crippen LogP contribution in [0.15, 0.2) is 42.5 Å².